The summed E-state index contributed by atoms with van der Waals surface area (Å²) in [4.78, 5) is 0. The van der Waals surface area contributed by atoms with E-state index in [2.05, 4.69) is 52.0 Å². The number of aliphatic hydroxyl groups is 1. The van der Waals surface area contributed by atoms with Gasteiger partial charge in [0.15, 0.2) is 0 Å². The molecule has 1 aliphatic rings. The van der Waals surface area contributed by atoms with Gasteiger partial charge in [0.25, 0.3) is 0 Å². The highest BCUT2D eigenvalue weighted by atomic mass is 16.3. The molecule has 0 heterocycles. The Kier molecular flexibility index (Phi) is 3.84. The van der Waals surface area contributed by atoms with Gasteiger partial charge in [-0.25, -0.2) is 0 Å². The molecule has 0 unspecified atom stereocenters. The molecule has 0 amide bonds. The minimum Gasteiger partial charge on any atom is -0.512 e. The highest BCUT2D eigenvalue weighted by Gasteiger charge is 2.24. The number of rotatable bonds is 3. The lowest BCUT2D eigenvalue weighted by atomic mass is 9.75. The van der Waals surface area contributed by atoms with E-state index in [1.807, 2.05) is 12.2 Å². The first-order valence-electron chi connectivity index (χ1n) is 7.11. The van der Waals surface area contributed by atoms with Crippen molar-refractivity contribution in [1.82, 2.24) is 0 Å². The number of allylic oxidation sites excluding steroid dienone is 4. The van der Waals surface area contributed by atoms with Crippen LogP contribution in [0.15, 0.2) is 42.2 Å². The topological polar surface area (TPSA) is 20.2 Å². The van der Waals surface area contributed by atoms with Crippen LogP contribution in [0.4, 0.5) is 0 Å². The van der Waals surface area contributed by atoms with Crippen LogP contribution in [-0.4, -0.2) is 5.11 Å². The maximum Gasteiger partial charge on any atom is 0.0926 e. The molecule has 0 aliphatic heterocycles. The van der Waals surface area contributed by atoms with Crippen molar-refractivity contribution in [2.24, 2.45) is 5.92 Å². The van der Waals surface area contributed by atoms with Gasteiger partial charge in [-0.1, -0.05) is 58.0 Å². The molecule has 0 fully saturated rings. The van der Waals surface area contributed by atoms with E-state index in [0.29, 0.717) is 11.7 Å². The fraction of sp³-hybridized carbons (Fsp3) is 0.444. The SMILES string of the molecule is CC(C)C(C)(C)c1ccc(C2=CC=C(O)CC2)cc1. The lowest BCUT2D eigenvalue weighted by Crippen LogP contribution is -2.24. The Hall–Kier alpha value is -1.50. The van der Waals surface area contributed by atoms with Crippen LogP contribution in [0, 0.1) is 5.92 Å². The molecule has 1 heteroatoms. The van der Waals surface area contributed by atoms with Crippen LogP contribution in [0.1, 0.15) is 51.7 Å². The standard InChI is InChI=1S/C18H24O/c1-13(2)18(3,4)16-9-5-14(6-10-16)15-7-11-17(19)12-8-15/h5-7,9-11,13,19H,8,12H2,1-4H3. The second-order valence-electron chi connectivity index (χ2n) is 6.30. The summed E-state index contributed by atoms with van der Waals surface area (Å²) in [6.07, 6.45) is 5.52. The molecule has 2 rings (SSSR count). The molecular formula is C18H24O. The average Bonchev–Trinajstić information content (AvgIpc) is 2.39. The van der Waals surface area contributed by atoms with Gasteiger partial charge < -0.3 is 5.11 Å². The zero-order chi connectivity index (χ0) is 14.0. The van der Waals surface area contributed by atoms with Crippen LogP contribution in [0.3, 0.4) is 0 Å². The van der Waals surface area contributed by atoms with Gasteiger partial charge in [0.1, 0.15) is 0 Å². The maximum absolute atomic E-state index is 9.40. The molecule has 1 aromatic carbocycles. The molecule has 0 saturated heterocycles. The summed E-state index contributed by atoms with van der Waals surface area (Å²) in [7, 11) is 0. The van der Waals surface area contributed by atoms with Crippen molar-refractivity contribution < 1.29 is 5.11 Å². The quantitative estimate of drug-likeness (QED) is 0.784. The molecule has 1 aliphatic carbocycles. The monoisotopic (exact) mass is 256 g/mol. The Bertz CT molecular complexity index is 501. The van der Waals surface area contributed by atoms with Crippen molar-refractivity contribution in [2.75, 3.05) is 0 Å². The molecule has 0 radical (unpaired) electrons. The van der Waals surface area contributed by atoms with Crippen LogP contribution >= 0.6 is 0 Å². The van der Waals surface area contributed by atoms with Gasteiger partial charge in [-0.15, -0.1) is 0 Å². The molecule has 0 spiro atoms. The minimum absolute atomic E-state index is 0.206. The van der Waals surface area contributed by atoms with E-state index in [9.17, 15) is 5.11 Å². The van der Waals surface area contributed by atoms with E-state index in [-0.39, 0.29) is 5.41 Å². The number of hydrogen-bond acceptors (Lipinski definition) is 1. The molecule has 0 bridgehead atoms. The van der Waals surface area contributed by atoms with Crippen molar-refractivity contribution in [3.05, 3.63) is 53.3 Å². The Morgan fingerprint density at radius 3 is 2.11 bits per heavy atom. The van der Waals surface area contributed by atoms with Crippen LogP contribution in [0.25, 0.3) is 5.57 Å². The number of aliphatic hydroxyl groups excluding tert-OH is 1. The van der Waals surface area contributed by atoms with Gasteiger partial charge in [-0.3, -0.25) is 0 Å². The van der Waals surface area contributed by atoms with Gasteiger partial charge in [-0.2, -0.15) is 0 Å². The predicted molar refractivity (Wildman–Crippen MR) is 82.2 cm³/mol. The highest BCUT2D eigenvalue weighted by molar-refractivity contribution is 5.68. The van der Waals surface area contributed by atoms with E-state index in [4.69, 9.17) is 0 Å². The summed E-state index contributed by atoms with van der Waals surface area (Å²) in [6.45, 7) is 9.14. The fourth-order valence-corrected chi connectivity index (χ4v) is 2.31. The molecule has 0 saturated carbocycles. The largest absolute Gasteiger partial charge is 0.512 e. The molecule has 0 atom stereocenters. The molecule has 1 N–H and O–H groups in total. The van der Waals surface area contributed by atoms with Gasteiger partial charge in [0, 0.05) is 6.42 Å². The van der Waals surface area contributed by atoms with E-state index in [0.717, 1.165) is 12.8 Å². The van der Waals surface area contributed by atoms with Gasteiger partial charge in [0.2, 0.25) is 0 Å². The smallest absolute Gasteiger partial charge is 0.0926 e. The number of hydrogen-bond donors (Lipinski definition) is 1. The van der Waals surface area contributed by atoms with E-state index < -0.39 is 0 Å². The van der Waals surface area contributed by atoms with E-state index in [1.165, 1.54) is 16.7 Å². The molecule has 19 heavy (non-hydrogen) atoms. The highest BCUT2D eigenvalue weighted by Crippen LogP contribution is 2.33. The second-order valence-corrected chi connectivity index (χ2v) is 6.30. The van der Waals surface area contributed by atoms with Crippen molar-refractivity contribution >= 4 is 5.57 Å². The van der Waals surface area contributed by atoms with Crippen LogP contribution in [-0.2, 0) is 5.41 Å². The second kappa shape index (κ2) is 5.24. The summed E-state index contributed by atoms with van der Waals surface area (Å²) in [6, 6.07) is 8.91. The Balaban J connectivity index is 2.25. The first kappa shape index (κ1) is 13.9. The minimum atomic E-state index is 0.206. The molecule has 0 aromatic heterocycles. The first-order valence-corrected chi connectivity index (χ1v) is 7.11. The molecule has 1 nitrogen and oxygen atoms in total. The third-order valence-electron chi connectivity index (χ3n) is 4.57. The summed E-state index contributed by atoms with van der Waals surface area (Å²) in [5, 5.41) is 9.40. The van der Waals surface area contributed by atoms with Gasteiger partial charge in [0.05, 0.1) is 5.76 Å². The van der Waals surface area contributed by atoms with Gasteiger partial charge in [-0.05, 0) is 40.5 Å². The summed E-state index contributed by atoms with van der Waals surface area (Å²) in [5.41, 5.74) is 4.18. The summed E-state index contributed by atoms with van der Waals surface area (Å²) in [5.74, 6) is 1.11. The average molecular weight is 256 g/mol. The lowest BCUT2D eigenvalue weighted by Gasteiger charge is -2.30. The Morgan fingerprint density at radius 1 is 1.00 bits per heavy atom. The normalized spacial score (nSPS) is 16.3. The van der Waals surface area contributed by atoms with Crippen molar-refractivity contribution in [3.8, 4) is 0 Å². The molecular weight excluding hydrogens is 232 g/mol. The van der Waals surface area contributed by atoms with E-state index >= 15 is 0 Å². The van der Waals surface area contributed by atoms with Crippen LogP contribution in [0.2, 0.25) is 0 Å². The molecule has 1 aromatic rings. The third-order valence-corrected chi connectivity index (χ3v) is 4.57. The summed E-state index contributed by atoms with van der Waals surface area (Å²) < 4.78 is 0. The zero-order valence-electron chi connectivity index (χ0n) is 12.4. The maximum atomic E-state index is 9.40. The van der Waals surface area contributed by atoms with E-state index in [1.54, 1.807) is 0 Å². The summed E-state index contributed by atoms with van der Waals surface area (Å²) >= 11 is 0. The van der Waals surface area contributed by atoms with Crippen molar-refractivity contribution in [1.29, 1.82) is 0 Å². The molecule has 102 valence electrons. The Labute approximate surface area is 116 Å². The van der Waals surface area contributed by atoms with Crippen molar-refractivity contribution in [2.45, 2.75) is 46.0 Å². The van der Waals surface area contributed by atoms with Gasteiger partial charge >= 0.3 is 0 Å². The first-order chi connectivity index (χ1) is 8.91. The Morgan fingerprint density at radius 2 is 1.63 bits per heavy atom. The van der Waals surface area contributed by atoms with Crippen LogP contribution in [0.5, 0.6) is 0 Å². The fourth-order valence-electron chi connectivity index (χ4n) is 2.31. The third kappa shape index (κ3) is 2.91. The van der Waals surface area contributed by atoms with Crippen LogP contribution < -0.4 is 0 Å². The van der Waals surface area contributed by atoms with Crippen molar-refractivity contribution in [3.63, 3.8) is 0 Å². The zero-order valence-corrected chi connectivity index (χ0v) is 12.4. The predicted octanol–water partition coefficient (Wildman–Crippen LogP) is 5.24. The lowest BCUT2D eigenvalue weighted by molar-refractivity contribution is 0.372. The number of benzene rings is 1.